The standard InChI is InChI=1S/C9H11N3O6/c1-3-18-9(15)6-4-11(5(2)8(13)14)10-7(6)12(16)17/h4-5H,3H2,1-2H3,(H,13,14). The number of hydrogen-bond acceptors (Lipinski definition) is 6. The number of rotatable bonds is 5. The SMILES string of the molecule is CCOC(=O)c1cn(C(C)C(=O)O)nc1[N+](=O)[O-]. The second-order valence-electron chi connectivity index (χ2n) is 3.34. The topological polar surface area (TPSA) is 125 Å². The average Bonchev–Trinajstić information content (AvgIpc) is 2.72. The lowest BCUT2D eigenvalue weighted by molar-refractivity contribution is -0.390. The Morgan fingerprint density at radius 2 is 2.28 bits per heavy atom. The second-order valence-corrected chi connectivity index (χ2v) is 3.34. The molecule has 1 heterocycles. The van der Waals surface area contributed by atoms with E-state index in [2.05, 4.69) is 9.84 Å². The summed E-state index contributed by atoms with van der Waals surface area (Å²) in [5, 5.41) is 23.0. The van der Waals surface area contributed by atoms with Crippen LogP contribution in [-0.2, 0) is 9.53 Å². The zero-order chi connectivity index (χ0) is 13.9. The highest BCUT2D eigenvalue weighted by Gasteiger charge is 2.30. The van der Waals surface area contributed by atoms with Gasteiger partial charge in [0.15, 0.2) is 11.6 Å². The van der Waals surface area contributed by atoms with Gasteiger partial charge in [0.2, 0.25) is 0 Å². The third kappa shape index (κ3) is 2.62. The van der Waals surface area contributed by atoms with E-state index >= 15 is 0 Å². The van der Waals surface area contributed by atoms with Crippen LogP contribution in [-0.4, -0.2) is 38.4 Å². The molecule has 1 rings (SSSR count). The van der Waals surface area contributed by atoms with Gasteiger partial charge in [0.1, 0.15) is 0 Å². The molecule has 1 atom stereocenters. The average molecular weight is 257 g/mol. The molecule has 9 nitrogen and oxygen atoms in total. The number of carbonyl (C=O) groups excluding carboxylic acids is 1. The minimum Gasteiger partial charge on any atom is -0.480 e. The van der Waals surface area contributed by atoms with Gasteiger partial charge in [-0.15, -0.1) is 0 Å². The summed E-state index contributed by atoms with van der Waals surface area (Å²) in [4.78, 5) is 32.0. The van der Waals surface area contributed by atoms with E-state index < -0.39 is 28.7 Å². The minimum absolute atomic E-state index is 0.0512. The van der Waals surface area contributed by atoms with Crippen LogP contribution in [0.15, 0.2) is 6.20 Å². The first-order chi connectivity index (χ1) is 8.38. The molecule has 1 N–H and O–H groups in total. The van der Waals surface area contributed by atoms with E-state index in [1.165, 1.54) is 6.92 Å². The lowest BCUT2D eigenvalue weighted by Crippen LogP contribution is -2.16. The molecule has 0 aliphatic rings. The number of esters is 1. The summed E-state index contributed by atoms with van der Waals surface area (Å²) < 4.78 is 5.47. The van der Waals surface area contributed by atoms with Gasteiger partial charge in [0.25, 0.3) is 0 Å². The number of hydrogen-bond donors (Lipinski definition) is 1. The Morgan fingerprint density at radius 3 is 2.72 bits per heavy atom. The van der Waals surface area contributed by atoms with E-state index in [0.717, 1.165) is 10.9 Å². The van der Waals surface area contributed by atoms with Gasteiger partial charge >= 0.3 is 17.8 Å². The molecule has 0 bridgehead atoms. The van der Waals surface area contributed by atoms with Crippen molar-refractivity contribution >= 4 is 17.8 Å². The Bertz CT molecular complexity index is 494. The van der Waals surface area contributed by atoms with Crippen LogP contribution in [0.4, 0.5) is 5.82 Å². The van der Waals surface area contributed by atoms with E-state index in [0.29, 0.717) is 0 Å². The Hall–Kier alpha value is -2.45. The minimum atomic E-state index is -1.22. The maximum Gasteiger partial charge on any atom is 0.404 e. The van der Waals surface area contributed by atoms with Crippen molar-refractivity contribution in [2.45, 2.75) is 19.9 Å². The lowest BCUT2D eigenvalue weighted by atomic mass is 10.3. The van der Waals surface area contributed by atoms with Gasteiger partial charge in [0, 0.05) is 0 Å². The predicted octanol–water partition coefficient (Wildman–Crippen LogP) is 0.614. The number of carboxylic acids is 1. The quantitative estimate of drug-likeness (QED) is 0.465. The van der Waals surface area contributed by atoms with Crippen LogP contribution in [0.2, 0.25) is 0 Å². The molecule has 0 radical (unpaired) electrons. The van der Waals surface area contributed by atoms with Crippen molar-refractivity contribution in [2.24, 2.45) is 0 Å². The summed E-state index contributed by atoms with van der Waals surface area (Å²) >= 11 is 0. The highest BCUT2D eigenvalue weighted by Crippen LogP contribution is 2.19. The Balaban J connectivity index is 3.20. The Labute approximate surface area is 101 Å². The molecule has 18 heavy (non-hydrogen) atoms. The van der Waals surface area contributed by atoms with E-state index in [1.54, 1.807) is 6.92 Å². The number of aliphatic carboxylic acids is 1. The fraction of sp³-hybridized carbons (Fsp3) is 0.444. The molecule has 0 spiro atoms. The summed E-state index contributed by atoms with van der Waals surface area (Å²) in [5.41, 5.74) is -0.366. The summed E-state index contributed by atoms with van der Waals surface area (Å²) in [6, 6.07) is -1.12. The number of nitro groups is 1. The van der Waals surface area contributed by atoms with Crippen molar-refractivity contribution in [2.75, 3.05) is 6.61 Å². The molecule has 1 aromatic heterocycles. The largest absolute Gasteiger partial charge is 0.480 e. The molecule has 9 heteroatoms. The van der Waals surface area contributed by atoms with Crippen molar-refractivity contribution in [1.29, 1.82) is 0 Å². The second kappa shape index (κ2) is 5.25. The maximum atomic E-state index is 11.4. The van der Waals surface area contributed by atoms with Gasteiger partial charge in [-0.3, -0.25) is 0 Å². The van der Waals surface area contributed by atoms with Crippen molar-refractivity contribution in [3.63, 3.8) is 0 Å². The van der Waals surface area contributed by atoms with Crippen LogP contribution in [0.1, 0.15) is 30.2 Å². The maximum absolute atomic E-state index is 11.4. The molecular weight excluding hydrogens is 246 g/mol. The van der Waals surface area contributed by atoms with Gasteiger partial charge in [0.05, 0.1) is 17.9 Å². The molecule has 0 saturated carbocycles. The number of carboxylic acid groups (broad SMARTS) is 1. The van der Waals surface area contributed by atoms with Gasteiger partial charge in [-0.05, 0) is 18.8 Å². The molecule has 0 amide bonds. The van der Waals surface area contributed by atoms with Crippen LogP contribution in [0.25, 0.3) is 0 Å². The number of carbonyl (C=O) groups is 2. The van der Waals surface area contributed by atoms with Crippen LogP contribution in [0.3, 0.4) is 0 Å². The van der Waals surface area contributed by atoms with Crippen LogP contribution in [0.5, 0.6) is 0 Å². The van der Waals surface area contributed by atoms with E-state index in [9.17, 15) is 19.7 Å². The van der Waals surface area contributed by atoms with Gasteiger partial charge in [-0.25, -0.2) is 9.59 Å². The van der Waals surface area contributed by atoms with E-state index in [-0.39, 0.29) is 12.2 Å². The number of aromatic nitrogens is 2. The molecule has 1 unspecified atom stereocenters. The third-order valence-corrected chi connectivity index (χ3v) is 2.13. The molecular formula is C9H11N3O6. The van der Waals surface area contributed by atoms with Gasteiger partial charge in [-0.2, -0.15) is 4.68 Å². The molecule has 0 aromatic carbocycles. The fourth-order valence-corrected chi connectivity index (χ4v) is 1.18. The summed E-state index contributed by atoms with van der Waals surface area (Å²) in [5.74, 6) is -2.85. The zero-order valence-electron chi connectivity index (χ0n) is 9.69. The predicted molar refractivity (Wildman–Crippen MR) is 57.2 cm³/mol. The smallest absolute Gasteiger partial charge is 0.404 e. The van der Waals surface area contributed by atoms with E-state index in [4.69, 9.17) is 5.11 Å². The van der Waals surface area contributed by atoms with Gasteiger partial charge < -0.3 is 20.0 Å². The monoisotopic (exact) mass is 257 g/mol. The molecule has 0 aliphatic heterocycles. The van der Waals surface area contributed by atoms with Crippen molar-refractivity contribution in [3.8, 4) is 0 Å². The molecule has 0 saturated heterocycles. The highest BCUT2D eigenvalue weighted by atomic mass is 16.6. The number of nitrogens with zero attached hydrogens (tertiary/aromatic N) is 3. The Kier molecular flexibility index (Phi) is 3.97. The summed E-state index contributed by atoms with van der Waals surface area (Å²) in [6.07, 6.45) is 0.995. The molecule has 1 aromatic rings. The molecule has 0 aliphatic carbocycles. The first kappa shape index (κ1) is 13.6. The molecule has 98 valence electrons. The van der Waals surface area contributed by atoms with Crippen molar-refractivity contribution < 1.29 is 24.4 Å². The summed E-state index contributed by atoms with van der Waals surface area (Å²) in [6.45, 7) is 2.89. The number of ether oxygens (including phenoxy) is 1. The van der Waals surface area contributed by atoms with Crippen LogP contribution < -0.4 is 0 Å². The van der Waals surface area contributed by atoms with Crippen molar-refractivity contribution in [1.82, 2.24) is 9.78 Å². The first-order valence-corrected chi connectivity index (χ1v) is 5.02. The molecule has 0 fully saturated rings. The first-order valence-electron chi connectivity index (χ1n) is 5.02. The normalized spacial score (nSPS) is 11.9. The third-order valence-electron chi connectivity index (χ3n) is 2.13. The van der Waals surface area contributed by atoms with Gasteiger partial charge in [-0.1, -0.05) is 0 Å². The van der Waals surface area contributed by atoms with Crippen LogP contribution in [0, 0.1) is 10.1 Å². The lowest BCUT2D eigenvalue weighted by Gasteiger charge is -2.00. The zero-order valence-corrected chi connectivity index (χ0v) is 9.69. The highest BCUT2D eigenvalue weighted by molar-refractivity contribution is 5.93. The fourth-order valence-electron chi connectivity index (χ4n) is 1.18. The van der Waals surface area contributed by atoms with E-state index in [1.807, 2.05) is 0 Å². The van der Waals surface area contributed by atoms with Crippen LogP contribution >= 0.6 is 0 Å². The summed E-state index contributed by atoms with van der Waals surface area (Å²) in [7, 11) is 0. The Morgan fingerprint density at radius 1 is 1.67 bits per heavy atom. The van der Waals surface area contributed by atoms with Crippen molar-refractivity contribution in [3.05, 3.63) is 21.9 Å².